The smallest absolute Gasteiger partial charge is 0.135 e. The van der Waals surface area contributed by atoms with Gasteiger partial charge < -0.3 is 0 Å². The van der Waals surface area contributed by atoms with Crippen molar-refractivity contribution in [2.45, 2.75) is 13.3 Å². The molecule has 1 aromatic carbocycles. The average molecular weight is 252 g/mol. The Balaban J connectivity index is 2.32. The molecule has 82 valence electrons. The van der Waals surface area contributed by atoms with Gasteiger partial charge in [-0.25, -0.2) is 4.98 Å². The number of hydrogen-bond donors (Lipinski definition) is 0. The van der Waals surface area contributed by atoms with E-state index in [9.17, 15) is 4.79 Å². The first-order valence-corrected chi connectivity index (χ1v) is 6.11. The third kappa shape index (κ3) is 2.49. The number of Topliss-reactive ketones (excluding diaryl/α,β-unsaturated/α-hetero) is 1. The van der Waals surface area contributed by atoms with E-state index in [1.54, 1.807) is 6.92 Å². The molecule has 0 aliphatic carbocycles. The van der Waals surface area contributed by atoms with Crippen molar-refractivity contribution in [2.75, 3.05) is 0 Å². The van der Waals surface area contributed by atoms with Crippen LogP contribution in [0.4, 0.5) is 0 Å². The Bertz CT molecular complexity index is 521. The molecule has 1 heterocycles. The molecule has 0 saturated heterocycles. The molecule has 0 saturated carbocycles. The van der Waals surface area contributed by atoms with Crippen LogP contribution in [0.2, 0.25) is 5.02 Å². The van der Waals surface area contributed by atoms with Gasteiger partial charge in [0.25, 0.3) is 0 Å². The highest BCUT2D eigenvalue weighted by atomic mass is 35.5. The second-order valence-corrected chi connectivity index (χ2v) is 4.77. The largest absolute Gasteiger partial charge is 0.300 e. The van der Waals surface area contributed by atoms with Gasteiger partial charge in [0.05, 0.1) is 10.7 Å². The van der Waals surface area contributed by atoms with Crippen LogP contribution in [0, 0.1) is 0 Å². The van der Waals surface area contributed by atoms with Gasteiger partial charge in [-0.3, -0.25) is 4.79 Å². The van der Waals surface area contributed by atoms with Gasteiger partial charge in [0.15, 0.2) is 0 Å². The van der Waals surface area contributed by atoms with E-state index in [0.29, 0.717) is 11.4 Å². The zero-order valence-electron chi connectivity index (χ0n) is 8.74. The topological polar surface area (TPSA) is 30.0 Å². The van der Waals surface area contributed by atoms with Gasteiger partial charge >= 0.3 is 0 Å². The first-order valence-electron chi connectivity index (χ1n) is 4.85. The number of halogens is 1. The monoisotopic (exact) mass is 251 g/mol. The van der Waals surface area contributed by atoms with E-state index in [2.05, 4.69) is 4.98 Å². The molecule has 16 heavy (non-hydrogen) atoms. The molecule has 4 heteroatoms. The molecular weight excluding hydrogens is 242 g/mol. The molecule has 0 bridgehead atoms. The van der Waals surface area contributed by atoms with Crippen LogP contribution in [0.3, 0.4) is 0 Å². The molecule has 0 atom stereocenters. The lowest BCUT2D eigenvalue weighted by Gasteiger charge is -1.98. The third-order valence-corrected chi connectivity index (χ3v) is 3.34. The van der Waals surface area contributed by atoms with Gasteiger partial charge in [-0.05, 0) is 13.0 Å². The summed E-state index contributed by atoms with van der Waals surface area (Å²) >= 11 is 7.58. The molecular formula is C12H10ClNOS. The van der Waals surface area contributed by atoms with Gasteiger partial charge in [0.2, 0.25) is 0 Å². The molecule has 0 radical (unpaired) electrons. The SMILES string of the molecule is CC(=O)Cc1csc(-c2ccccc2Cl)n1. The molecule has 0 aliphatic heterocycles. The van der Waals surface area contributed by atoms with Gasteiger partial charge in [-0.2, -0.15) is 0 Å². The van der Waals surface area contributed by atoms with E-state index in [4.69, 9.17) is 11.6 Å². The standard InChI is InChI=1S/C12H10ClNOS/c1-8(15)6-9-7-16-12(14-9)10-4-2-3-5-11(10)13/h2-5,7H,6H2,1H3. The van der Waals surface area contributed by atoms with Crippen molar-refractivity contribution < 1.29 is 4.79 Å². The van der Waals surface area contributed by atoms with Crippen LogP contribution < -0.4 is 0 Å². The number of thiazole rings is 1. The van der Waals surface area contributed by atoms with Crippen molar-refractivity contribution >= 4 is 28.7 Å². The number of benzene rings is 1. The minimum Gasteiger partial charge on any atom is -0.300 e. The molecule has 2 aromatic rings. The highest BCUT2D eigenvalue weighted by Crippen LogP contribution is 2.30. The number of ketones is 1. The molecule has 0 fully saturated rings. The molecule has 1 aromatic heterocycles. The minimum atomic E-state index is 0.121. The summed E-state index contributed by atoms with van der Waals surface area (Å²) in [6.07, 6.45) is 0.390. The lowest BCUT2D eigenvalue weighted by Crippen LogP contribution is -1.96. The first-order chi connectivity index (χ1) is 7.66. The van der Waals surface area contributed by atoms with E-state index in [-0.39, 0.29) is 5.78 Å². The Hall–Kier alpha value is -1.19. The van der Waals surface area contributed by atoms with Crippen molar-refractivity contribution in [1.29, 1.82) is 0 Å². The predicted molar refractivity (Wildman–Crippen MR) is 66.9 cm³/mol. The Kier molecular flexibility index (Phi) is 3.36. The molecule has 0 amide bonds. The van der Waals surface area contributed by atoms with Crippen molar-refractivity contribution in [3.05, 3.63) is 40.4 Å². The van der Waals surface area contributed by atoms with Crippen molar-refractivity contribution in [2.24, 2.45) is 0 Å². The maximum Gasteiger partial charge on any atom is 0.135 e. The summed E-state index contributed by atoms with van der Waals surface area (Å²) in [5.74, 6) is 0.121. The lowest BCUT2D eigenvalue weighted by atomic mass is 10.2. The second kappa shape index (κ2) is 4.76. The summed E-state index contributed by atoms with van der Waals surface area (Å²) in [5.41, 5.74) is 1.73. The van der Waals surface area contributed by atoms with Crippen LogP contribution in [0.1, 0.15) is 12.6 Å². The number of hydrogen-bond acceptors (Lipinski definition) is 3. The average Bonchev–Trinajstić information content (AvgIpc) is 2.66. The quantitative estimate of drug-likeness (QED) is 0.834. The lowest BCUT2D eigenvalue weighted by molar-refractivity contribution is -0.116. The maximum absolute atomic E-state index is 11.0. The molecule has 0 aliphatic rings. The van der Waals surface area contributed by atoms with Crippen LogP contribution >= 0.6 is 22.9 Å². The van der Waals surface area contributed by atoms with E-state index in [1.165, 1.54) is 11.3 Å². The van der Waals surface area contributed by atoms with Crippen molar-refractivity contribution in [3.63, 3.8) is 0 Å². The summed E-state index contributed by atoms with van der Waals surface area (Å²) in [7, 11) is 0. The Morgan fingerprint density at radius 2 is 2.19 bits per heavy atom. The summed E-state index contributed by atoms with van der Waals surface area (Å²) in [6, 6.07) is 7.57. The number of carbonyl (C=O) groups is 1. The minimum absolute atomic E-state index is 0.121. The fraction of sp³-hybridized carbons (Fsp3) is 0.167. The zero-order valence-corrected chi connectivity index (χ0v) is 10.3. The highest BCUT2D eigenvalue weighted by Gasteiger charge is 2.08. The summed E-state index contributed by atoms with van der Waals surface area (Å²) in [4.78, 5) is 15.4. The summed E-state index contributed by atoms with van der Waals surface area (Å²) < 4.78 is 0. The molecule has 0 spiro atoms. The Morgan fingerprint density at radius 1 is 1.44 bits per heavy atom. The first kappa shape index (κ1) is 11.3. The molecule has 0 unspecified atom stereocenters. The highest BCUT2D eigenvalue weighted by molar-refractivity contribution is 7.13. The van der Waals surface area contributed by atoms with E-state index in [0.717, 1.165) is 16.3 Å². The van der Waals surface area contributed by atoms with Gasteiger partial charge in [0.1, 0.15) is 10.8 Å². The van der Waals surface area contributed by atoms with Crippen LogP contribution in [-0.4, -0.2) is 10.8 Å². The number of carbonyl (C=O) groups excluding carboxylic acids is 1. The van der Waals surface area contributed by atoms with Crippen LogP contribution in [0.15, 0.2) is 29.6 Å². The molecule has 2 rings (SSSR count). The van der Waals surface area contributed by atoms with Gasteiger partial charge in [-0.15, -0.1) is 11.3 Å². The maximum atomic E-state index is 11.0. The van der Waals surface area contributed by atoms with Crippen molar-refractivity contribution in [1.82, 2.24) is 4.98 Å². The summed E-state index contributed by atoms with van der Waals surface area (Å²) in [6.45, 7) is 1.56. The molecule has 0 N–H and O–H groups in total. The molecule has 2 nitrogen and oxygen atoms in total. The Morgan fingerprint density at radius 3 is 2.88 bits per heavy atom. The van der Waals surface area contributed by atoms with E-state index in [1.807, 2.05) is 29.6 Å². The van der Waals surface area contributed by atoms with E-state index >= 15 is 0 Å². The third-order valence-electron chi connectivity index (χ3n) is 2.09. The predicted octanol–water partition coefficient (Wildman–Crippen LogP) is 3.60. The number of aromatic nitrogens is 1. The number of nitrogens with zero attached hydrogens (tertiary/aromatic N) is 1. The Labute approximate surface area is 103 Å². The van der Waals surface area contributed by atoms with Crippen LogP contribution in [0.5, 0.6) is 0 Å². The summed E-state index contributed by atoms with van der Waals surface area (Å²) in [5, 5.41) is 3.45. The second-order valence-electron chi connectivity index (χ2n) is 3.50. The normalized spacial score (nSPS) is 10.4. The van der Waals surface area contributed by atoms with Crippen molar-refractivity contribution in [3.8, 4) is 10.6 Å². The van der Waals surface area contributed by atoms with E-state index < -0.39 is 0 Å². The fourth-order valence-electron chi connectivity index (χ4n) is 1.40. The van der Waals surface area contributed by atoms with Gasteiger partial charge in [-0.1, -0.05) is 29.8 Å². The van der Waals surface area contributed by atoms with Crippen LogP contribution in [0.25, 0.3) is 10.6 Å². The fourth-order valence-corrected chi connectivity index (χ4v) is 2.54. The van der Waals surface area contributed by atoms with Gasteiger partial charge in [0, 0.05) is 17.4 Å². The van der Waals surface area contributed by atoms with Crippen LogP contribution in [-0.2, 0) is 11.2 Å². The number of rotatable bonds is 3. The zero-order chi connectivity index (χ0) is 11.5.